The van der Waals surface area contributed by atoms with E-state index in [0.29, 0.717) is 24.0 Å². The SMILES string of the molecule is C#CCn1nc(N2C(=O)C3=C(CCCC3)C2=O)ccc1=O. The van der Waals surface area contributed by atoms with Crippen molar-refractivity contribution in [1.29, 1.82) is 0 Å². The van der Waals surface area contributed by atoms with Crippen LogP contribution in [0.15, 0.2) is 28.1 Å². The van der Waals surface area contributed by atoms with Crippen LogP contribution in [0.1, 0.15) is 25.7 Å². The summed E-state index contributed by atoms with van der Waals surface area (Å²) < 4.78 is 1.06. The molecule has 0 spiro atoms. The number of amides is 2. The van der Waals surface area contributed by atoms with Gasteiger partial charge in [-0.15, -0.1) is 6.42 Å². The smallest absolute Gasteiger partial charge is 0.267 e. The van der Waals surface area contributed by atoms with E-state index >= 15 is 0 Å². The molecule has 0 aromatic carbocycles. The number of hydrogen-bond donors (Lipinski definition) is 0. The van der Waals surface area contributed by atoms with Gasteiger partial charge in [-0.25, -0.2) is 9.58 Å². The van der Waals surface area contributed by atoms with Gasteiger partial charge in [-0.3, -0.25) is 14.4 Å². The van der Waals surface area contributed by atoms with Crippen LogP contribution >= 0.6 is 0 Å². The summed E-state index contributed by atoms with van der Waals surface area (Å²) in [5.41, 5.74) is 0.805. The van der Waals surface area contributed by atoms with Crippen LogP contribution in [0.3, 0.4) is 0 Å². The molecule has 2 aliphatic rings. The summed E-state index contributed by atoms with van der Waals surface area (Å²) in [7, 11) is 0. The molecule has 21 heavy (non-hydrogen) atoms. The van der Waals surface area contributed by atoms with Crippen molar-refractivity contribution in [1.82, 2.24) is 9.78 Å². The predicted molar refractivity (Wildman–Crippen MR) is 75.3 cm³/mol. The molecule has 0 unspecified atom stereocenters. The van der Waals surface area contributed by atoms with Crippen molar-refractivity contribution in [3.8, 4) is 12.3 Å². The third-order valence-electron chi connectivity index (χ3n) is 3.71. The zero-order valence-electron chi connectivity index (χ0n) is 11.3. The largest absolute Gasteiger partial charge is 0.269 e. The van der Waals surface area contributed by atoms with Gasteiger partial charge in [-0.05, 0) is 31.7 Å². The Hall–Kier alpha value is -2.68. The molecule has 2 heterocycles. The molecule has 0 atom stereocenters. The van der Waals surface area contributed by atoms with Gasteiger partial charge in [0.25, 0.3) is 17.4 Å². The Morgan fingerprint density at radius 3 is 2.29 bits per heavy atom. The maximum Gasteiger partial charge on any atom is 0.267 e. The van der Waals surface area contributed by atoms with Crippen LogP contribution in [0.2, 0.25) is 0 Å². The molecule has 6 heteroatoms. The third-order valence-corrected chi connectivity index (χ3v) is 3.71. The molecule has 1 aromatic heterocycles. The fourth-order valence-corrected chi connectivity index (χ4v) is 2.70. The Bertz CT molecular complexity index is 739. The van der Waals surface area contributed by atoms with Crippen molar-refractivity contribution in [3.63, 3.8) is 0 Å². The van der Waals surface area contributed by atoms with E-state index in [4.69, 9.17) is 6.42 Å². The summed E-state index contributed by atoms with van der Waals surface area (Å²) in [4.78, 5) is 37.4. The molecule has 1 aliphatic carbocycles. The van der Waals surface area contributed by atoms with Gasteiger partial charge in [0.1, 0.15) is 6.54 Å². The number of terminal acetylenes is 1. The average Bonchev–Trinajstić information content (AvgIpc) is 2.74. The molecule has 0 saturated carbocycles. The van der Waals surface area contributed by atoms with Gasteiger partial charge in [0.15, 0.2) is 5.82 Å². The lowest BCUT2D eigenvalue weighted by Crippen LogP contribution is -2.34. The Labute approximate surface area is 121 Å². The van der Waals surface area contributed by atoms with E-state index in [9.17, 15) is 14.4 Å². The van der Waals surface area contributed by atoms with Gasteiger partial charge in [-0.1, -0.05) is 5.92 Å². The number of imide groups is 1. The lowest BCUT2D eigenvalue weighted by Gasteiger charge is -2.14. The first-order chi connectivity index (χ1) is 10.1. The molecule has 0 radical (unpaired) electrons. The second kappa shape index (κ2) is 5.02. The van der Waals surface area contributed by atoms with Crippen LogP contribution in [0.4, 0.5) is 5.82 Å². The topological polar surface area (TPSA) is 72.3 Å². The zero-order valence-corrected chi connectivity index (χ0v) is 11.3. The van der Waals surface area contributed by atoms with Crippen LogP contribution in [-0.2, 0) is 16.1 Å². The van der Waals surface area contributed by atoms with Crippen molar-refractivity contribution < 1.29 is 9.59 Å². The molecular formula is C15H13N3O3. The standard InChI is InChI=1S/C15H13N3O3/c1-2-9-17-13(19)8-7-12(16-17)18-14(20)10-5-3-4-6-11(10)15(18)21/h1,7-8H,3-6,9H2. The molecule has 6 nitrogen and oxygen atoms in total. The van der Waals surface area contributed by atoms with Gasteiger partial charge in [0.05, 0.1) is 0 Å². The molecule has 3 rings (SSSR count). The lowest BCUT2D eigenvalue weighted by molar-refractivity contribution is -0.120. The highest BCUT2D eigenvalue weighted by atomic mass is 16.2. The second-order valence-electron chi connectivity index (χ2n) is 5.00. The summed E-state index contributed by atoms with van der Waals surface area (Å²) >= 11 is 0. The highest BCUT2D eigenvalue weighted by Gasteiger charge is 2.40. The average molecular weight is 283 g/mol. The highest BCUT2D eigenvalue weighted by molar-refractivity contribution is 6.32. The van der Waals surface area contributed by atoms with Gasteiger partial charge < -0.3 is 0 Å². The first kappa shape index (κ1) is 13.3. The Morgan fingerprint density at radius 1 is 1.10 bits per heavy atom. The Kier molecular flexibility index (Phi) is 3.18. The molecule has 106 valence electrons. The van der Waals surface area contributed by atoms with Crippen molar-refractivity contribution >= 4 is 17.6 Å². The van der Waals surface area contributed by atoms with Crippen LogP contribution < -0.4 is 10.5 Å². The van der Waals surface area contributed by atoms with Crippen LogP contribution in [0.25, 0.3) is 0 Å². The predicted octanol–water partition coefficient (Wildman–Crippen LogP) is 0.620. The summed E-state index contributed by atoms with van der Waals surface area (Å²) in [5, 5.41) is 4.02. The van der Waals surface area contributed by atoms with E-state index in [1.807, 2.05) is 0 Å². The number of rotatable bonds is 2. The first-order valence-electron chi connectivity index (χ1n) is 6.76. The monoisotopic (exact) mass is 283 g/mol. The van der Waals surface area contributed by atoms with E-state index in [1.165, 1.54) is 12.1 Å². The van der Waals surface area contributed by atoms with Crippen LogP contribution in [0, 0.1) is 12.3 Å². The number of carbonyl (C=O) groups excluding carboxylic acids is 2. The van der Waals surface area contributed by atoms with E-state index in [2.05, 4.69) is 11.0 Å². The Balaban J connectivity index is 2.01. The molecule has 0 bridgehead atoms. The molecule has 0 fully saturated rings. The summed E-state index contributed by atoms with van der Waals surface area (Å²) in [6, 6.07) is 2.64. The van der Waals surface area contributed by atoms with Gasteiger partial charge in [0, 0.05) is 17.2 Å². The zero-order chi connectivity index (χ0) is 15.0. The minimum absolute atomic E-state index is 0.00393. The van der Waals surface area contributed by atoms with Gasteiger partial charge in [0.2, 0.25) is 0 Å². The van der Waals surface area contributed by atoms with E-state index in [-0.39, 0.29) is 29.7 Å². The maximum atomic E-state index is 12.4. The molecule has 1 aromatic rings. The van der Waals surface area contributed by atoms with Gasteiger partial charge in [-0.2, -0.15) is 5.10 Å². The number of carbonyl (C=O) groups is 2. The van der Waals surface area contributed by atoms with Crippen molar-refractivity contribution in [2.75, 3.05) is 4.90 Å². The lowest BCUT2D eigenvalue weighted by atomic mass is 9.93. The molecular weight excluding hydrogens is 270 g/mol. The number of hydrogen-bond acceptors (Lipinski definition) is 4. The van der Waals surface area contributed by atoms with Crippen molar-refractivity contribution in [2.45, 2.75) is 32.2 Å². The van der Waals surface area contributed by atoms with E-state index < -0.39 is 0 Å². The number of aromatic nitrogens is 2. The van der Waals surface area contributed by atoms with E-state index in [0.717, 1.165) is 22.4 Å². The van der Waals surface area contributed by atoms with Crippen molar-refractivity contribution in [3.05, 3.63) is 33.6 Å². The third kappa shape index (κ3) is 2.07. The maximum absolute atomic E-state index is 12.4. The summed E-state index contributed by atoms with van der Waals surface area (Å²) in [6.07, 6.45) is 8.25. The summed E-state index contributed by atoms with van der Waals surface area (Å²) in [5.74, 6) is 1.81. The van der Waals surface area contributed by atoms with Gasteiger partial charge >= 0.3 is 0 Å². The number of nitrogens with zero attached hydrogens (tertiary/aromatic N) is 3. The molecule has 0 N–H and O–H groups in total. The van der Waals surface area contributed by atoms with E-state index in [1.54, 1.807) is 0 Å². The normalized spacial score (nSPS) is 18.0. The van der Waals surface area contributed by atoms with Crippen molar-refractivity contribution in [2.24, 2.45) is 0 Å². The molecule has 2 amide bonds. The number of anilines is 1. The quantitative estimate of drug-likeness (QED) is 0.589. The first-order valence-corrected chi connectivity index (χ1v) is 6.76. The second-order valence-corrected chi connectivity index (χ2v) is 5.00. The minimum Gasteiger partial charge on any atom is -0.269 e. The molecule has 1 aliphatic heterocycles. The Morgan fingerprint density at radius 2 is 1.71 bits per heavy atom. The molecule has 0 saturated heterocycles. The fraction of sp³-hybridized carbons (Fsp3) is 0.333. The highest BCUT2D eigenvalue weighted by Crippen LogP contribution is 2.34. The van der Waals surface area contributed by atoms with Crippen LogP contribution in [-0.4, -0.2) is 21.6 Å². The fourth-order valence-electron chi connectivity index (χ4n) is 2.70. The summed E-state index contributed by atoms with van der Waals surface area (Å²) in [6.45, 7) is -0.00393. The minimum atomic E-state index is -0.367. The van der Waals surface area contributed by atoms with Crippen LogP contribution in [0.5, 0.6) is 0 Å².